The number of rotatable bonds is 13. The number of hydrogen-bond acceptors (Lipinski definition) is 4. The van der Waals surface area contributed by atoms with Crippen LogP contribution in [-0.2, 0) is 34.9 Å². The molecule has 202 valence electrons. The Bertz CT molecular complexity index is 1180. The van der Waals surface area contributed by atoms with Crippen LogP contribution >= 0.6 is 0 Å². The van der Waals surface area contributed by atoms with Crippen LogP contribution in [0.3, 0.4) is 0 Å². The van der Waals surface area contributed by atoms with Gasteiger partial charge in [-0.2, -0.15) is 0 Å². The number of benzene rings is 2. The van der Waals surface area contributed by atoms with Gasteiger partial charge in [-0.25, -0.2) is 4.98 Å². The highest BCUT2D eigenvalue weighted by Gasteiger charge is 2.47. The van der Waals surface area contributed by atoms with Gasteiger partial charge in [0.1, 0.15) is 11.8 Å². The van der Waals surface area contributed by atoms with Crippen LogP contribution in [0.1, 0.15) is 55.8 Å². The minimum atomic E-state index is -0.621. The molecule has 0 aliphatic carbocycles. The van der Waals surface area contributed by atoms with Crippen LogP contribution < -0.4 is 10.1 Å². The summed E-state index contributed by atoms with van der Waals surface area (Å²) in [6.07, 6.45) is 9.46. The van der Waals surface area contributed by atoms with Crippen molar-refractivity contribution >= 4 is 11.8 Å². The quantitative estimate of drug-likeness (QED) is 0.341. The number of aryl methyl sites for hydroxylation is 2. The van der Waals surface area contributed by atoms with Gasteiger partial charge in [0.2, 0.25) is 11.8 Å². The molecule has 38 heavy (non-hydrogen) atoms. The number of unbranched alkanes of at least 4 members (excludes halogenated alkanes) is 2. The fourth-order valence-corrected chi connectivity index (χ4v) is 5.35. The van der Waals surface area contributed by atoms with E-state index in [9.17, 15) is 9.59 Å². The number of ether oxygens (including phenoxy) is 1. The summed E-state index contributed by atoms with van der Waals surface area (Å²) in [7, 11) is 3.54. The van der Waals surface area contributed by atoms with Crippen molar-refractivity contribution < 1.29 is 14.3 Å². The smallest absolute Gasteiger partial charge is 0.245 e. The van der Waals surface area contributed by atoms with Gasteiger partial charge in [0, 0.05) is 44.6 Å². The number of carbonyl (C=O) groups excluding carboxylic acids is 2. The Kier molecular flexibility index (Phi) is 9.21. The predicted molar refractivity (Wildman–Crippen MR) is 149 cm³/mol. The fraction of sp³-hybridized carbons (Fsp3) is 0.452. The van der Waals surface area contributed by atoms with Crippen molar-refractivity contribution in [1.82, 2.24) is 19.8 Å². The number of nitrogens with one attached hydrogen (secondary N) is 1. The number of methoxy groups -OCH3 is 1. The Morgan fingerprint density at radius 3 is 2.45 bits per heavy atom. The number of nitrogens with zero attached hydrogens (tertiary/aromatic N) is 3. The number of imidazole rings is 1. The summed E-state index contributed by atoms with van der Waals surface area (Å²) >= 11 is 0. The Balaban J connectivity index is 1.46. The second kappa shape index (κ2) is 12.8. The highest BCUT2D eigenvalue weighted by atomic mass is 16.5. The Morgan fingerprint density at radius 1 is 1.08 bits per heavy atom. The van der Waals surface area contributed by atoms with Crippen LogP contribution in [0.2, 0.25) is 0 Å². The maximum atomic E-state index is 13.8. The van der Waals surface area contributed by atoms with Gasteiger partial charge in [0.25, 0.3) is 0 Å². The molecule has 1 fully saturated rings. The largest absolute Gasteiger partial charge is 0.497 e. The molecule has 2 amide bonds. The first kappa shape index (κ1) is 27.4. The summed E-state index contributed by atoms with van der Waals surface area (Å²) in [4.78, 5) is 33.0. The maximum absolute atomic E-state index is 13.8. The lowest BCUT2D eigenvalue weighted by molar-refractivity contribution is -0.143. The first-order valence-corrected chi connectivity index (χ1v) is 13.7. The molecule has 1 atom stereocenters. The third-order valence-corrected chi connectivity index (χ3v) is 7.54. The second-order valence-corrected chi connectivity index (χ2v) is 10.5. The van der Waals surface area contributed by atoms with E-state index in [-0.39, 0.29) is 23.7 Å². The molecule has 7 nitrogen and oxygen atoms in total. The van der Waals surface area contributed by atoms with Crippen molar-refractivity contribution in [2.45, 2.75) is 63.3 Å². The summed E-state index contributed by atoms with van der Waals surface area (Å²) in [6, 6.07) is 17.6. The van der Waals surface area contributed by atoms with E-state index >= 15 is 0 Å². The van der Waals surface area contributed by atoms with Gasteiger partial charge in [-0.3, -0.25) is 9.59 Å². The molecule has 1 aliphatic heterocycles. The van der Waals surface area contributed by atoms with Gasteiger partial charge in [-0.15, -0.1) is 0 Å². The van der Waals surface area contributed by atoms with Gasteiger partial charge in [-0.05, 0) is 36.1 Å². The number of likely N-dealkylation sites (tertiary alicyclic amines) is 1. The average Bonchev–Trinajstić information content (AvgIpc) is 3.34. The highest BCUT2D eigenvalue weighted by Crippen LogP contribution is 2.39. The summed E-state index contributed by atoms with van der Waals surface area (Å²) < 4.78 is 7.15. The topological polar surface area (TPSA) is 76.5 Å². The summed E-state index contributed by atoms with van der Waals surface area (Å²) in [5.41, 5.74) is 3.13. The summed E-state index contributed by atoms with van der Waals surface area (Å²) in [5, 5.41) is 3.04. The van der Waals surface area contributed by atoms with Gasteiger partial charge in [0.05, 0.1) is 19.1 Å². The van der Waals surface area contributed by atoms with Gasteiger partial charge < -0.3 is 19.5 Å². The monoisotopic (exact) mass is 516 g/mol. The molecule has 1 saturated heterocycles. The van der Waals surface area contributed by atoms with Crippen molar-refractivity contribution in [3.63, 3.8) is 0 Å². The molecule has 7 heteroatoms. The molecule has 3 aromatic rings. The van der Waals surface area contributed by atoms with Crippen molar-refractivity contribution in [1.29, 1.82) is 0 Å². The van der Waals surface area contributed by atoms with E-state index in [0.29, 0.717) is 25.9 Å². The van der Waals surface area contributed by atoms with Crippen LogP contribution in [0.15, 0.2) is 67.1 Å². The molecule has 1 N–H and O–H groups in total. The van der Waals surface area contributed by atoms with Crippen LogP contribution in [0, 0.1) is 0 Å². The van der Waals surface area contributed by atoms with E-state index < -0.39 is 6.04 Å². The molecule has 4 rings (SSSR count). The number of aromatic nitrogens is 2. The lowest BCUT2D eigenvalue weighted by Gasteiger charge is -2.52. The van der Waals surface area contributed by atoms with Crippen LogP contribution in [0.4, 0.5) is 0 Å². The molecule has 1 aliphatic rings. The van der Waals surface area contributed by atoms with E-state index in [1.165, 1.54) is 18.4 Å². The number of hydrogen-bond donors (Lipinski definition) is 1. The van der Waals surface area contributed by atoms with E-state index in [1.807, 2.05) is 53.0 Å². The number of carbonyl (C=O) groups is 2. The molecule has 0 spiro atoms. The summed E-state index contributed by atoms with van der Waals surface area (Å²) in [6.45, 7) is 3.58. The molecule has 0 unspecified atom stereocenters. The van der Waals surface area contributed by atoms with E-state index in [0.717, 1.165) is 29.8 Å². The van der Waals surface area contributed by atoms with Gasteiger partial charge in [0.15, 0.2) is 0 Å². The molecular weight excluding hydrogens is 476 g/mol. The Hall–Kier alpha value is -3.61. The molecular formula is C31H40N4O3. The molecule has 0 bridgehead atoms. The lowest BCUT2D eigenvalue weighted by Crippen LogP contribution is -2.64. The zero-order valence-electron chi connectivity index (χ0n) is 22.9. The van der Waals surface area contributed by atoms with Crippen LogP contribution in [0.25, 0.3) is 0 Å². The predicted octanol–water partition coefficient (Wildman–Crippen LogP) is 4.45. The lowest BCUT2D eigenvalue weighted by atomic mass is 9.70. The normalized spacial score (nSPS) is 15.0. The van der Waals surface area contributed by atoms with E-state index in [1.54, 1.807) is 13.4 Å². The second-order valence-electron chi connectivity index (χ2n) is 10.5. The van der Waals surface area contributed by atoms with Crippen LogP contribution in [0.5, 0.6) is 5.75 Å². The standard InChI is InChI=1S/C31H40N4O3/c1-4-5-9-18-31(25-10-7-6-8-11-25)21-35(22-31)30(37)28(19-24-12-15-27(38-3)16-13-24)33-29(36)17-14-26-20-34(2)23-32-26/h6-8,10-13,15-16,20,23,28H,4-5,9,14,17-19,21-22H2,1-3H3,(H,33,36)/t28-/m1/s1. The van der Waals surface area contributed by atoms with Gasteiger partial charge in [-0.1, -0.05) is 68.7 Å². The molecule has 0 saturated carbocycles. The third kappa shape index (κ3) is 6.82. The first-order chi connectivity index (χ1) is 18.4. The zero-order chi connectivity index (χ0) is 27.0. The fourth-order valence-electron chi connectivity index (χ4n) is 5.35. The van der Waals surface area contributed by atoms with Crippen LogP contribution in [-0.4, -0.2) is 52.5 Å². The van der Waals surface area contributed by atoms with E-state index in [4.69, 9.17) is 4.74 Å². The van der Waals surface area contributed by atoms with Crippen molar-refractivity contribution in [2.75, 3.05) is 20.2 Å². The van der Waals surface area contributed by atoms with Crippen molar-refractivity contribution in [3.8, 4) is 5.75 Å². The zero-order valence-corrected chi connectivity index (χ0v) is 22.9. The highest BCUT2D eigenvalue weighted by molar-refractivity contribution is 5.88. The van der Waals surface area contributed by atoms with Gasteiger partial charge >= 0.3 is 0 Å². The Labute approximate surface area is 226 Å². The number of amides is 2. The van der Waals surface area contributed by atoms with Crippen molar-refractivity contribution in [3.05, 3.63) is 83.9 Å². The molecule has 2 aromatic carbocycles. The Morgan fingerprint density at radius 2 is 1.82 bits per heavy atom. The molecule has 1 aromatic heterocycles. The van der Waals surface area contributed by atoms with E-state index in [2.05, 4.69) is 41.5 Å². The SMILES string of the molecule is CCCCCC1(c2ccccc2)CN(C(=O)[C@@H](Cc2ccc(OC)cc2)NC(=O)CCc2cn(C)cn2)C1. The minimum absolute atomic E-state index is 0.0141. The maximum Gasteiger partial charge on any atom is 0.245 e. The average molecular weight is 517 g/mol. The minimum Gasteiger partial charge on any atom is -0.497 e. The summed E-state index contributed by atoms with van der Waals surface area (Å²) in [5.74, 6) is 0.604. The third-order valence-electron chi connectivity index (χ3n) is 7.54. The molecule has 0 radical (unpaired) electrons. The van der Waals surface area contributed by atoms with Crippen molar-refractivity contribution in [2.24, 2.45) is 7.05 Å². The first-order valence-electron chi connectivity index (χ1n) is 13.7. The molecule has 2 heterocycles.